The van der Waals surface area contributed by atoms with Crippen molar-refractivity contribution in [2.75, 3.05) is 25.0 Å². The lowest BCUT2D eigenvalue weighted by molar-refractivity contribution is -0.137. The molecule has 0 unspecified atom stereocenters. The van der Waals surface area contributed by atoms with E-state index in [1.165, 1.54) is 17.0 Å². The second kappa shape index (κ2) is 16.5. The lowest BCUT2D eigenvalue weighted by Gasteiger charge is -2.24. The van der Waals surface area contributed by atoms with E-state index in [0.717, 1.165) is 60.1 Å². The van der Waals surface area contributed by atoms with E-state index in [2.05, 4.69) is 10.6 Å². The standard InChI is InChI=1S/C36H39F3N4O3/c37-36(38,39)29-11-8-12-30(24-29)42-35(46)43(22-19-26-15-17-31(44)18-16-26)25-27-9-7-10-28(23-27)32-13-3-4-14-33(32)34(45)41-21-6-2-1-5-20-40/h3-4,7-18,23-24,44H,1-2,5-6,19-22,25,40H2,(H,41,45)(H,42,46). The molecular weight excluding hydrogens is 593 g/mol. The van der Waals surface area contributed by atoms with Crippen molar-refractivity contribution in [2.45, 2.75) is 44.8 Å². The van der Waals surface area contributed by atoms with Gasteiger partial charge in [0.25, 0.3) is 5.91 Å². The normalized spacial score (nSPS) is 11.2. The van der Waals surface area contributed by atoms with E-state index in [1.54, 1.807) is 30.3 Å². The van der Waals surface area contributed by atoms with Crippen LogP contribution in [0.3, 0.4) is 0 Å². The van der Waals surface area contributed by atoms with Crippen LogP contribution in [0.15, 0.2) is 97.1 Å². The number of nitrogens with zero attached hydrogens (tertiary/aromatic N) is 1. The van der Waals surface area contributed by atoms with Crippen molar-refractivity contribution in [3.63, 3.8) is 0 Å². The second-order valence-corrected chi connectivity index (χ2v) is 11.1. The van der Waals surface area contributed by atoms with Gasteiger partial charge in [-0.25, -0.2) is 4.79 Å². The number of nitrogens with two attached hydrogens (primary N) is 1. The summed E-state index contributed by atoms with van der Waals surface area (Å²) < 4.78 is 39.9. The Bertz CT molecular complexity index is 1590. The van der Waals surface area contributed by atoms with E-state index in [4.69, 9.17) is 5.73 Å². The number of amides is 3. The molecule has 0 bridgehead atoms. The summed E-state index contributed by atoms with van der Waals surface area (Å²) in [5.41, 5.74) is 8.45. The van der Waals surface area contributed by atoms with Crippen molar-refractivity contribution < 1.29 is 27.9 Å². The van der Waals surface area contributed by atoms with Crippen LogP contribution >= 0.6 is 0 Å². The third-order valence-corrected chi connectivity index (χ3v) is 7.53. The van der Waals surface area contributed by atoms with Gasteiger partial charge in [0.05, 0.1) is 5.56 Å². The van der Waals surface area contributed by atoms with Crippen LogP contribution < -0.4 is 16.4 Å². The summed E-state index contributed by atoms with van der Waals surface area (Å²) in [7, 11) is 0. The Morgan fingerprint density at radius 3 is 2.30 bits per heavy atom. The van der Waals surface area contributed by atoms with E-state index in [1.807, 2.05) is 42.5 Å². The van der Waals surface area contributed by atoms with Gasteiger partial charge in [-0.3, -0.25) is 4.79 Å². The zero-order chi connectivity index (χ0) is 32.9. The number of rotatable bonds is 14. The van der Waals surface area contributed by atoms with Gasteiger partial charge in [-0.2, -0.15) is 13.2 Å². The average molecular weight is 633 g/mol. The number of nitrogens with one attached hydrogen (secondary N) is 2. The number of carbonyl (C=O) groups is 2. The van der Waals surface area contributed by atoms with Gasteiger partial charge in [-0.05, 0) is 90.5 Å². The van der Waals surface area contributed by atoms with Crippen molar-refractivity contribution in [3.8, 4) is 16.9 Å². The van der Waals surface area contributed by atoms with Crippen molar-refractivity contribution in [3.05, 3.63) is 119 Å². The highest BCUT2D eigenvalue weighted by atomic mass is 19.4. The predicted octanol–water partition coefficient (Wildman–Crippen LogP) is 7.60. The lowest BCUT2D eigenvalue weighted by Crippen LogP contribution is -2.36. The molecule has 0 saturated carbocycles. The van der Waals surface area contributed by atoms with E-state index >= 15 is 0 Å². The predicted molar refractivity (Wildman–Crippen MR) is 174 cm³/mol. The number of anilines is 1. The maximum atomic E-state index is 13.5. The summed E-state index contributed by atoms with van der Waals surface area (Å²) in [5, 5.41) is 15.2. The second-order valence-electron chi connectivity index (χ2n) is 11.1. The molecule has 0 radical (unpaired) electrons. The monoisotopic (exact) mass is 632 g/mol. The fraction of sp³-hybridized carbons (Fsp3) is 0.278. The first kappa shape index (κ1) is 34.1. The van der Waals surface area contributed by atoms with Crippen LogP contribution in [0.5, 0.6) is 5.75 Å². The first-order valence-corrected chi connectivity index (χ1v) is 15.3. The molecule has 4 aromatic carbocycles. The fourth-order valence-corrected chi connectivity index (χ4v) is 5.07. The van der Waals surface area contributed by atoms with Crippen molar-refractivity contribution >= 4 is 17.6 Å². The van der Waals surface area contributed by atoms with Gasteiger partial charge in [0, 0.05) is 30.9 Å². The van der Waals surface area contributed by atoms with E-state index < -0.39 is 17.8 Å². The van der Waals surface area contributed by atoms with E-state index in [-0.39, 0.29) is 30.4 Å². The first-order valence-electron chi connectivity index (χ1n) is 15.3. The number of halogens is 3. The molecule has 3 amide bonds. The number of carbonyl (C=O) groups excluding carboxylic acids is 2. The molecule has 0 spiro atoms. The summed E-state index contributed by atoms with van der Waals surface area (Å²) in [6.07, 6.45) is -0.242. The van der Waals surface area contributed by atoms with Crippen LogP contribution in [0.25, 0.3) is 11.1 Å². The average Bonchev–Trinajstić information content (AvgIpc) is 3.05. The zero-order valence-electron chi connectivity index (χ0n) is 25.5. The molecule has 4 rings (SSSR count). The minimum absolute atomic E-state index is 0.0301. The van der Waals surface area contributed by atoms with Gasteiger partial charge in [-0.15, -0.1) is 0 Å². The van der Waals surface area contributed by atoms with E-state index in [0.29, 0.717) is 25.1 Å². The van der Waals surface area contributed by atoms with Crippen LogP contribution in [0.2, 0.25) is 0 Å². The number of unbranched alkanes of at least 4 members (excludes halogenated alkanes) is 3. The lowest BCUT2D eigenvalue weighted by atomic mass is 9.97. The molecule has 7 nitrogen and oxygen atoms in total. The van der Waals surface area contributed by atoms with Crippen LogP contribution in [-0.2, 0) is 19.1 Å². The molecule has 0 atom stereocenters. The molecule has 4 aromatic rings. The number of alkyl halides is 3. The number of hydrogen-bond donors (Lipinski definition) is 4. The summed E-state index contributed by atoms with van der Waals surface area (Å²) in [5.74, 6) is -0.0491. The van der Waals surface area contributed by atoms with Gasteiger partial charge in [-0.1, -0.05) is 67.4 Å². The van der Waals surface area contributed by atoms with Crippen LogP contribution in [0.1, 0.15) is 52.7 Å². The third kappa shape index (κ3) is 10.1. The van der Waals surface area contributed by atoms with Gasteiger partial charge in [0.15, 0.2) is 0 Å². The zero-order valence-corrected chi connectivity index (χ0v) is 25.5. The number of phenols is 1. The SMILES string of the molecule is NCCCCCCNC(=O)c1ccccc1-c1cccc(CN(CCc2ccc(O)cc2)C(=O)Nc2cccc(C(F)(F)F)c2)c1. The first-order chi connectivity index (χ1) is 22.1. The summed E-state index contributed by atoms with van der Waals surface area (Å²) >= 11 is 0. The van der Waals surface area contributed by atoms with Crippen LogP contribution in [0.4, 0.5) is 23.7 Å². The van der Waals surface area contributed by atoms with Crippen molar-refractivity contribution in [1.29, 1.82) is 0 Å². The summed E-state index contributed by atoms with van der Waals surface area (Å²) in [6.45, 7) is 1.64. The Morgan fingerprint density at radius 1 is 0.804 bits per heavy atom. The Morgan fingerprint density at radius 2 is 1.54 bits per heavy atom. The van der Waals surface area contributed by atoms with E-state index in [9.17, 15) is 27.9 Å². The van der Waals surface area contributed by atoms with Gasteiger partial charge < -0.3 is 26.4 Å². The molecule has 10 heteroatoms. The molecular formula is C36H39F3N4O3. The molecule has 5 N–H and O–H groups in total. The Balaban J connectivity index is 1.52. The highest BCUT2D eigenvalue weighted by Crippen LogP contribution is 2.31. The topological polar surface area (TPSA) is 108 Å². The third-order valence-electron chi connectivity index (χ3n) is 7.53. The molecule has 0 aromatic heterocycles. The smallest absolute Gasteiger partial charge is 0.416 e. The molecule has 46 heavy (non-hydrogen) atoms. The van der Waals surface area contributed by atoms with Gasteiger partial charge in [0.1, 0.15) is 5.75 Å². The Hall–Kier alpha value is -4.83. The van der Waals surface area contributed by atoms with Crippen LogP contribution in [-0.4, -0.2) is 41.6 Å². The van der Waals surface area contributed by atoms with Crippen molar-refractivity contribution in [2.24, 2.45) is 5.73 Å². The summed E-state index contributed by atoms with van der Waals surface area (Å²) in [4.78, 5) is 28.1. The number of phenolic OH excluding ortho intramolecular Hbond substituents is 1. The summed E-state index contributed by atoms with van der Waals surface area (Å²) in [6, 6.07) is 25.4. The van der Waals surface area contributed by atoms with Crippen molar-refractivity contribution in [1.82, 2.24) is 10.2 Å². The molecule has 242 valence electrons. The number of urea groups is 1. The molecule has 0 aliphatic heterocycles. The molecule has 0 fully saturated rings. The molecule has 0 aliphatic rings. The molecule has 0 saturated heterocycles. The number of benzene rings is 4. The Labute approximate surface area is 267 Å². The highest BCUT2D eigenvalue weighted by Gasteiger charge is 2.30. The quantitative estimate of drug-likeness (QED) is 0.107. The largest absolute Gasteiger partial charge is 0.508 e. The Kier molecular flexibility index (Phi) is 12.2. The van der Waals surface area contributed by atoms with Crippen LogP contribution in [0, 0.1) is 0 Å². The molecule has 0 heterocycles. The minimum Gasteiger partial charge on any atom is -0.508 e. The number of aromatic hydroxyl groups is 1. The maximum Gasteiger partial charge on any atom is 0.416 e. The van der Waals surface area contributed by atoms with Gasteiger partial charge in [0.2, 0.25) is 0 Å². The minimum atomic E-state index is -4.54. The fourth-order valence-electron chi connectivity index (χ4n) is 5.07. The maximum absolute atomic E-state index is 13.5. The number of hydrogen-bond acceptors (Lipinski definition) is 4. The van der Waals surface area contributed by atoms with Gasteiger partial charge >= 0.3 is 12.2 Å². The molecule has 0 aliphatic carbocycles. The highest BCUT2D eigenvalue weighted by molar-refractivity contribution is 6.01.